The van der Waals surface area contributed by atoms with E-state index in [4.69, 9.17) is 5.11 Å². The quantitative estimate of drug-likeness (QED) is 0.649. The number of pyridine rings is 1. The Bertz CT molecular complexity index is 347. The van der Waals surface area contributed by atoms with Gasteiger partial charge < -0.3 is 10.0 Å². The maximum atomic E-state index is 10.7. The Morgan fingerprint density at radius 3 is 2.65 bits per heavy atom. The molecule has 1 heterocycles. The topological polar surface area (TPSA) is 65.8 Å². The summed E-state index contributed by atoms with van der Waals surface area (Å²) >= 11 is 1.55. The molecule has 6 heteroatoms. The van der Waals surface area contributed by atoms with Gasteiger partial charge in [0.2, 0.25) is 0 Å². The fourth-order valence-corrected chi connectivity index (χ4v) is 1.73. The van der Waals surface area contributed by atoms with E-state index in [1.165, 1.54) is 0 Å². The summed E-state index contributed by atoms with van der Waals surface area (Å²) in [7, 11) is 2.92. The summed E-state index contributed by atoms with van der Waals surface area (Å²) in [6.45, 7) is 2.95. The summed E-state index contributed by atoms with van der Waals surface area (Å²) in [6, 6.07) is 1.77. The zero-order chi connectivity index (χ0) is 13.3. The van der Waals surface area contributed by atoms with Gasteiger partial charge in [-0.25, -0.2) is 4.98 Å². The molecule has 0 aromatic carbocycles. The Morgan fingerprint density at radius 1 is 1.53 bits per heavy atom. The standard InChI is InChI=1S/C10H15N3OS.CH4O/c1-4-5-13(2)10-9(12-14)6-8(15-3)7-11-10;1-2/h6-7H,4-5H2,1-3H3;2H,1H3. The largest absolute Gasteiger partial charge is 0.400 e. The van der Waals surface area contributed by atoms with Crippen molar-refractivity contribution in [2.45, 2.75) is 18.2 Å². The van der Waals surface area contributed by atoms with E-state index < -0.39 is 0 Å². The second-order valence-electron chi connectivity index (χ2n) is 3.23. The van der Waals surface area contributed by atoms with Crippen molar-refractivity contribution in [1.82, 2.24) is 4.98 Å². The van der Waals surface area contributed by atoms with Gasteiger partial charge in [-0.1, -0.05) is 6.92 Å². The minimum atomic E-state index is 0.415. The molecule has 17 heavy (non-hydrogen) atoms. The third-order valence-corrected chi connectivity index (χ3v) is 2.77. The van der Waals surface area contributed by atoms with Crippen molar-refractivity contribution in [1.29, 1.82) is 0 Å². The Kier molecular flexibility index (Phi) is 8.35. The average molecular weight is 257 g/mol. The first-order chi connectivity index (χ1) is 8.22. The lowest BCUT2D eigenvalue weighted by Crippen LogP contribution is -2.19. The zero-order valence-electron chi connectivity index (χ0n) is 10.7. The first kappa shape index (κ1) is 15.9. The molecule has 0 saturated carbocycles. The number of hydrogen-bond donors (Lipinski definition) is 1. The van der Waals surface area contributed by atoms with Crippen LogP contribution in [-0.4, -0.2) is 37.0 Å². The van der Waals surface area contributed by atoms with E-state index >= 15 is 0 Å². The molecule has 0 bridgehead atoms. The van der Waals surface area contributed by atoms with Crippen molar-refractivity contribution < 1.29 is 5.11 Å². The molecule has 0 aliphatic rings. The van der Waals surface area contributed by atoms with E-state index in [0.29, 0.717) is 11.5 Å². The van der Waals surface area contributed by atoms with Gasteiger partial charge in [0.15, 0.2) is 11.5 Å². The molecule has 1 N–H and O–H groups in total. The molecule has 0 unspecified atom stereocenters. The third-order valence-electron chi connectivity index (χ3n) is 2.08. The number of rotatable bonds is 5. The normalized spacial score (nSPS) is 9.24. The van der Waals surface area contributed by atoms with Crippen LogP contribution in [0, 0.1) is 4.91 Å². The Morgan fingerprint density at radius 2 is 2.18 bits per heavy atom. The molecular weight excluding hydrogens is 238 g/mol. The summed E-state index contributed by atoms with van der Waals surface area (Å²) in [5.74, 6) is 0.657. The third kappa shape index (κ3) is 4.70. The van der Waals surface area contributed by atoms with Crippen LogP contribution in [0.25, 0.3) is 0 Å². The molecule has 0 saturated heterocycles. The first-order valence-corrected chi connectivity index (χ1v) is 6.48. The molecule has 1 aromatic rings. The lowest BCUT2D eigenvalue weighted by atomic mass is 10.3. The minimum absolute atomic E-state index is 0.415. The Balaban J connectivity index is 0.00000121. The van der Waals surface area contributed by atoms with Gasteiger partial charge in [0, 0.05) is 31.8 Å². The molecule has 0 aliphatic carbocycles. The van der Waals surface area contributed by atoms with Gasteiger partial charge in [0.05, 0.1) is 0 Å². The average Bonchev–Trinajstić information content (AvgIpc) is 2.40. The number of hydrogen-bond acceptors (Lipinski definition) is 6. The van der Waals surface area contributed by atoms with Crippen LogP contribution >= 0.6 is 11.8 Å². The Hall–Kier alpha value is -1.14. The van der Waals surface area contributed by atoms with Crippen molar-refractivity contribution in [3.63, 3.8) is 0 Å². The van der Waals surface area contributed by atoms with Crippen LogP contribution in [-0.2, 0) is 0 Å². The highest BCUT2D eigenvalue weighted by molar-refractivity contribution is 7.98. The van der Waals surface area contributed by atoms with E-state index in [-0.39, 0.29) is 0 Å². The molecule has 0 aliphatic heterocycles. The lowest BCUT2D eigenvalue weighted by Gasteiger charge is -2.18. The monoisotopic (exact) mass is 257 g/mol. The number of aliphatic hydroxyl groups excluding tert-OH is 1. The zero-order valence-corrected chi connectivity index (χ0v) is 11.5. The predicted molar refractivity (Wildman–Crippen MR) is 73.2 cm³/mol. The van der Waals surface area contributed by atoms with Gasteiger partial charge in [-0.2, -0.15) is 0 Å². The van der Waals surface area contributed by atoms with E-state index in [1.807, 2.05) is 18.2 Å². The number of thioether (sulfide) groups is 1. The first-order valence-electron chi connectivity index (χ1n) is 5.26. The number of anilines is 1. The van der Waals surface area contributed by atoms with Crippen LogP contribution in [0.5, 0.6) is 0 Å². The second-order valence-corrected chi connectivity index (χ2v) is 4.11. The van der Waals surface area contributed by atoms with Crippen LogP contribution in [0.1, 0.15) is 13.3 Å². The molecule has 0 spiro atoms. The van der Waals surface area contributed by atoms with Gasteiger partial charge >= 0.3 is 0 Å². The SMILES string of the molecule is CCCN(C)c1ncc(SC)cc1N=O.CO. The highest BCUT2D eigenvalue weighted by Gasteiger charge is 2.09. The van der Waals surface area contributed by atoms with Crippen LogP contribution < -0.4 is 4.90 Å². The van der Waals surface area contributed by atoms with E-state index in [0.717, 1.165) is 25.0 Å². The summed E-state index contributed by atoms with van der Waals surface area (Å²) in [6.07, 6.45) is 4.72. The molecule has 0 amide bonds. The van der Waals surface area contributed by atoms with Crippen LogP contribution in [0.15, 0.2) is 22.3 Å². The van der Waals surface area contributed by atoms with E-state index in [1.54, 1.807) is 24.0 Å². The van der Waals surface area contributed by atoms with Gasteiger partial charge in [-0.15, -0.1) is 16.7 Å². The molecule has 0 atom stereocenters. The summed E-state index contributed by atoms with van der Waals surface area (Å²) in [5.41, 5.74) is 0.415. The van der Waals surface area contributed by atoms with Crippen molar-refractivity contribution >= 4 is 23.3 Å². The van der Waals surface area contributed by atoms with E-state index in [9.17, 15) is 4.91 Å². The molecule has 1 rings (SSSR count). The smallest absolute Gasteiger partial charge is 0.157 e. The van der Waals surface area contributed by atoms with Crippen LogP contribution in [0.4, 0.5) is 11.5 Å². The summed E-state index contributed by atoms with van der Waals surface area (Å²) < 4.78 is 0. The van der Waals surface area contributed by atoms with Crippen LogP contribution in [0.2, 0.25) is 0 Å². The molecule has 0 radical (unpaired) electrons. The number of nitroso groups, excluding NO2 is 1. The van der Waals surface area contributed by atoms with Crippen molar-refractivity contribution in [3.05, 3.63) is 17.2 Å². The summed E-state index contributed by atoms with van der Waals surface area (Å²) in [4.78, 5) is 17.8. The number of aliphatic hydroxyl groups is 1. The maximum absolute atomic E-state index is 10.7. The molecule has 0 fully saturated rings. The maximum Gasteiger partial charge on any atom is 0.157 e. The predicted octanol–water partition coefficient (Wildman–Crippen LogP) is 2.66. The molecular formula is C11H19N3O2S. The fourth-order valence-electron chi connectivity index (χ4n) is 1.34. The Labute approximate surface area is 106 Å². The number of nitrogens with zero attached hydrogens (tertiary/aromatic N) is 3. The molecule has 1 aromatic heterocycles. The second kappa shape index (κ2) is 8.95. The summed E-state index contributed by atoms with van der Waals surface area (Å²) in [5, 5.41) is 10.0. The number of aromatic nitrogens is 1. The van der Waals surface area contributed by atoms with Crippen LogP contribution in [0.3, 0.4) is 0 Å². The highest BCUT2D eigenvalue weighted by Crippen LogP contribution is 2.29. The van der Waals surface area contributed by atoms with Gasteiger partial charge in [0.25, 0.3) is 0 Å². The lowest BCUT2D eigenvalue weighted by molar-refractivity contribution is 0.399. The van der Waals surface area contributed by atoms with Gasteiger partial charge in [-0.05, 0) is 23.9 Å². The van der Waals surface area contributed by atoms with Crippen molar-refractivity contribution in [2.75, 3.05) is 31.9 Å². The minimum Gasteiger partial charge on any atom is -0.400 e. The molecule has 96 valence electrons. The van der Waals surface area contributed by atoms with E-state index in [2.05, 4.69) is 17.1 Å². The van der Waals surface area contributed by atoms with Gasteiger partial charge in [0.1, 0.15) is 0 Å². The molecule has 5 nitrogen and oxygen atoms in total. The van der Waals surface area contributed by atoms with Crippen molar-refractivity contribution in [3.8, 4) is 0 Å². The van der Waals surface area contributed by atoms with Gasteiger partial charge in [-0.3, -0.25) is 0 Å². The highest BCUT2D eigenvalue weighted by atomic mass is 32.2. The van der Waals surface area contributed by atoms with Crippen molar-refractivity contribution in [2.24, 2.45) is 5.18 Å². The fraction of sp³-hybridized carbons (Fsp3) is 0.545.